The fourth-order valence-electron chi connectivity index (χ4n) is 3.67. The number of hydrogen-bond acceptors (Lipinski definition) is 2. The summed E-state index contributed by atoms with van der Waals surface area (Å²) in [5.74, 6) is 0. The molecule has 0 aliphatic rings. The molecular weight excluding hydrogens is 336 g/mol. The maximum atomic E-state index is 12.8. The molecule has 0 saturated carbocycles. The minimum Gasteiger partial charge on any atom is -0.344 e. The van der Waals surface area contributed by atoms with Crippen molar-refractivity contribution in [2.75, 3.05) is 0 Å². The van der Waals surface area contributed by atoms with Crippen molar-refractivity contribution < 1.29 is 0 Å². The van der Waals surface area contributed by atoms with Crippen LogP contribution in [0, 0.1) is 6.92 Å². The van der Waals surface area contributed by atoms with Crippen molar-refractivity contribution in [1.29, 1.82) is 0 Å². The molecule has 4 aromatic rings. The highest BCUT2D eigenvalue weighted by Gasteiger charge is 2.22. The van der Waals surface area contributed by atoms with Gasteiger partial charge in [0, 0.05) is 23.7 Å². The van der Waals surface area contributed by atoms with Gasteiger partial charge in [-0.15, -0.1) is 0 Å². The van der Waals surface area contributed by atoms with E-state index in [0.29, 0.717) is 0 Å². The molecule has 0 spiro atoms. The van der Waals surface area contributed by atoms with E-state index < -0.39 is 0 Å². The van der Waals surface area contributed by atoms with Crippen LogP contribution in [0.15, 0.2) is 53.6 Å². The van der Waals surface area contributed by atoms with Gasteiger partial charge in [-0.2, -0.15) is 0 Å². The zero-order valence-corrected chi connectivity index (χ0v) is 16.4. The van der Waals surface area contributed by atoms with Crippen LogP contribution in [-0.4, -0.2) is 19.1 Å². The minimum atomic E-state index is -0.281. The summed E-state index contributed by atoms with van der Waals surface area (Å²) in [6, 6.07) is 14.5. The van der Waals surface area contributed by atoms with E-state index >= 15 is 0 Å². The first-order valence-corrected chi connectivity index (χ1v) is 9.10. The fraction of sp³-hybridized carbons (Fsp3) is 0.273. The largest absolute Gasteiger partial charge is 0.344 e. The van der Waals surface area contributed by atoms with Gasteiger partial charge in [0.15, 0.2) is 0 Å². The molecule has 138 valence electrons. The monoisotopic (exact) mass is 360 g/mol. The molecule has 0 amide bonds. The summed E-state index contributed by atoms with van der Waals surface area (Å²) in [6.45, 7) is 8.22. The summed E-state index contributed by atoms with van der Waals surface area (Å²) in [7, 11) is 1.82. The third kappa shape index (κ3) is 2.79. The van der Waals surface area contributed by atoms with Gasteiger partial charge in [0.2, 0.25) is 0 Å². The molecule has 27 heavy (non-hydrogen) atoms. The van der Waals surface area contributed by atoms with Crippen LogP contribution in [0.2, 0.25) is 0 Å². The van der Waals surface area contributed by atoms with Crippen LogP contribution in [0.3, 0.4) is 0 Å². The van der Waals surface area contributed by atoms with Crippen molar-refractivity contribution >= 4 is 11.0 Å². The van der Waals surface area contributed by atoms with E-state index in [9.17, 15) is 4.79 Å². The zero-order valence-electron chi connectivity index (χ0n) is 16.4. The molecule has 5 heteroatoms. The molecule has 0 unspecified atom stereocenters. The highest BCUT2D eigenvalue weighted by molar-refractivity contribution is 5.86. The zero-order chi connectivity index (χ0) is 19.3. The SMILES string of the molecule is Cc1cccc(-c2[nH]cnc2-c2ccc3c(c2)n(C)c(=O)n3C(C)(C)C)c1. The summed E-state index contributed by atoms with van der Waals surface area (Å²) >= 11 is 0. The molecule has 2 aromatic carbocycles. The van der Waals surface area contributed by atoms with Gasteiger partial charge in [-0.3, -0.25) is 9.13 Å². The van der Waals surface area contributed by atoms with E-state index in [1.165, 1.54) is 5.56 Å². The Morgan fingerprint density at radius 1 is 1.00 bits per heavy atom. The first kappa shape index (κ1) is 17.3. The molecule has 0 radical (unpaired) electrons. The first-order chi connectivity index (χ1) is 12.8. The number of aryl methyl sites for hydroxylation is 2. The number of nitrogens with one attached hydrogen (secondary N) is 1. The number of aromatic amines is 1. The van der Waals surface area contributed by atoms with Crippen molar-refractivity contribution in [2.24, 2.45) is 7.05 Å². The summed E-state index contributed by atoms with van der Waals surface area (Å²) in [6.07, 6.45) is 1.72. The van der Waals surface area contributed by atoms with E-state index in [1.54, 1.807) is 10.9 Å². The van der Waals surface area contributed by atoms with Crippen molar-refractivity contribution in [2.45, 2.75) is 33.2 Å². The molecular formula is C22H24N4O. The Morgan fingerprint density at radius 2 is 1.78 bits per heavy atom. The maximum Gasteiger partial charge on any atom is 0.329 e. The second-order valence-electron chi connectivity index (χ2n) is 8.05. The number of fused-ring (bicyclic) bond motifs is 1. The number of rotatable bonds is 2. The standard InChI is InChI=1S/C22H24N4O/c1-14-7-6-8-15(11-14)19-20(24-13-23-19)16-9-10-17-18(12-16)25(5)21(27)26(17)22(2,3)4/h6-13H,1-5H3,(H,23,24). The molecule has 2 heterocycles. The van der Waals surface area contributed by atoms with Gasteiger partial charge in [0.05, 0.1) is 28.7 Å². The van der Waals surface area contributed by atoms with Crippen LogP contribution in [-0.2, 0) is 12.6 Å². The lowest BCUT2D eigenvalue weighted by molar-refractivity contribution is 0.392. The van der Waals surface area contributed by atoms with Crippen LogP contribution >= 0.6 is 0 Å². The molecule has 0 atom stereocenters. The Balaban J connectivity index is 1.92. The lowest BCUT2D eigenvalue weighted by Crippen LogP contribution is -2.34. The van der Waals surface area contributed by atoms with Crippen LogP contribution in [0.1, 0.15) is 26.3 Å². The van der Waals surface area contributed by atoms with Gasteiger partial charge in [-0.1, -0.05) is 29.8 Å². The average Bonchev–Trinajstić information content (AvgIpc) is 3.18. The van der Waals surface area contributed by atoms with Crippen molar-refractivity contribution in [3.8, 4) is 22.5 Å². The van der Waals surface area contributed by atoms with Gasteiger partial charge >= 0.3 is 5.69 Å². The van der Waals surface area contributed by atoms with Gasteiger partial charge < -0.3 is 4.98 Å². The van der Waals surface area contributed by atoms with Gasteiger partial charge in [0.1, 0.15) is 0 Å². The van der Waals surface area contributed by atoms with E-state index in [-0.39, 0.29) is 11.2 Å². The fourth-order valence-corrected chi connectivity index (χ4v) is 3.67. The van der Waals surface area contributed by atoms with E-state index in [2.05, 4.69) is 41.2 Å². The Kier molecular flexibility index (Phi) is 3.84. The number of aromatic nitrogens is 4. The molecule has 4 rings (SSSR count). The highest BCUT2D eigenvalue weighted by atomic mass is 16.1. The van der Waals surface area contributed by atoms with Gasteiger partial charge in [-0.05, 0) is 45.9 Å². The van der Waals surface area contributed by atoms with Crippen molar-refractivity contribution in [3.63, 3.8) is 0 Å². The number of nitrogens with zero attached hydrogens (tertiary/aromatic N) is 3. The lowest BCUT2D eigenvalue weighted by Gasteiger charge is -2.20. The number of imidazole rings is 2. The predicted octanol–water partition coefficient (Wildman–Crippen LogP) is 4.46. The second kappa shape index (κ2) is 5.98. The summed E-state index contributed by atoms with van der Waals surface area (Å²) in [5.41, 5.74) is 6.72. The van der Waals surface area contributed by atoms with Gasteiger partial charge in [0.25, 0.3) is 0 Å². The van der Waals surface area contributed by atoms with E-state index in [0.717, 1.165) is 33.5 Å². The molecule has 1 N–H and O–H groups in total. The average molecular weight is 360 g/mol. The maximum absolute atomic E-state index is 12.8. The third-order valence-corrected chi connectivity index (χ3v) is 4.95. The Hall–Kier alpha value is -3.08. The molecule has 0 fully saturated rings. The Labute approximate surface area is 158 Å². The second-order valence-corrected chi connectivity index (χ2v) is 8.05. The van der Waals surface area contributed by atoms with Crippen LogP contribution in [0.5, 0.6) is 0 Å². The molecule has 0 aliphatic carbocycles. The molecule has 2 aromatic heterocycles. The summed E-state index contributed by atoms with van der Waals surface area (Å²) < 4.78 is 3.56. The summed E-state index contributed by atoms with van der Waals surface area (Å²) in [4.78, 5) is 20.6. The molecule has 0 aliphatic heterocycles. The van der Waals surface area contributed by atoms with E-state index in [4.69, 9.17) is 0 Å². The number of hydrogen-bond donors (Lipinski definition) is 1. The van der Waals surface area contributed by atoms with Crippen LogP contribution in [0.4, 0.5) is 0 Å². The van der Waals surface area contributed by atoms with Crippen LogP contribution in [0.25, 0.3) is 33.5 Å². The van der Waals surface area contributed by atoms with Gasteiger partial charge in [-0.25, -0.2) is 9.78 Å². The minimum absolute atomic E-state index is 0.00409. The normalized spacial score (nSPS) is 12.0. The quantitative estimate of drug-likeness (QED) is 0.574. The van der Waals surface area contributed by atoms with Crippen LogP contribution < -0.4 is 5.69 Å². The molecule has 0 bridgehead atoms. The van der Waals surface area contributed by atoms with Crippen molar-refractivity contribution in [3.05, 3.63) is 64.8 Å². The smallest absolute Gasteiger partial charge is 0.329 e. The Bertz CT molecular complexity index is 1200. The predicted molar refractivity (Wildman–Crippen MR) is 110 cm³/mol. The van der Waals surface area contributed by atoms with E-state index in [1.807, 2.05) is 50.6 Å². The third-order valence-electron chi connectivity index (χ3n) is 4.95. The Morgan fingerprint density at radius 3 is 2.48 bits per heavy atom. The lowest BCUT2D eigenvalue weighted by atomic mass is 10.0. The topological polar surface area (TPSA) is 55.6 Å². The first-order valence-electron chi connectivity index (χ1n) is 9.10. The molecule has 5 nitrogen and oxygen atoms in total. The number of H-pyrrole nitrogens is 1. The van der Waals surface area contributed by atoms with Crippen molar-refractivity contribution in [1.82, 2.24) is 19.1 Å². The summed E-state index contributed by atoms with van der Waals surface area (Å²) in [5, 5.41) is 0. The number of benzene rings is 2. The molecule has 0 saturated heterocycles. The highest BCUT2D eigenvalue weighted by Crippen LogP contribution is 2.32.